The van der Waals surface area contributed by atoms with Gasteiger partial charge in [0.2, 0.25) is 0 Å². The maximum Gasteiger partial charge on any atom is 0.342 e. The van der Waals surface area contributed by atoms with Crippen LogP contribution in [0.15, 0.2) is 48.5 Å². The second-order valence-electron chi connectivity index (χ2n) is 4.97. The van der Waals surface area contributed by atoms with Gasteiger partial charge in [0.1, 0.15) is 17.1 Å². The second kappa shape index (κ2) is 8.01. The Morgan fingerprint density at radius 2 is 1.71 bits per heavy atom. The molecule has 0 radical (unpaired) electrons. The molecule has 0 aliphatic rings. The molecule has 0 heterocycles. The number of benzene rings is 2. The number of rotatable bonds is 6. The van der Waals surface area contributed by atoms with Crippen molar-refractivity contribution in [3.63, 3.8) is 0 Å². The lowest BCUT2D eigenvalue weighted by atomic mass is 10.2. The second-order valence-corrected chi connectivity index (χ2v) is 4.97. The highest BCUT2D eigenvalue weighted by Gasteiger charge is 2.22. The Labute approximate surface area is 140 Å². The summed E-state index contributed by atoms with van der Waals surface area (Å²) in [7, 11) is 2.94. The third-order valence-corrected chi connectivity index (χ3v) is 3.32. The number of hydrogen-bond donors (Lipinski definition) is 1. The lowest BCUT2D eigenvalue weighted by Crippen LogP contribution is -2.30. The van der Waals surface area contributed by atoms with Crippen LogP contribution in [0.1, 0.15) is 17.3 Å². The molecule has 2 aromatic carbocycles. The van der Waals surface area contributed by atoms with Gasteiger partial charge in [0.15, 0.2) is 6.10 Å². The summed E-state index contributed by atoms with van der Waals surface area (Å²) >= 11 is 0. The minimum Gasteiger partial charge on any atom is -0.497 e. The summed E-state index contributed by atoms with van der Waals surface area (Å²) in [5, 5.41) is 2.68. The summed E-state index contributed by atoms with van der Waals surface area (Å²) in [4.78, 5) is 24.4. The summed E-state index contributed by atoms with van der Waals surface area (Å²) in [6.45, 7) is 1.50. The van der Waals surface area contributed by atoms with Crippen LogP contribution in [-0.2, 0) is 9.53 Å². The maximum atomic E-state index is 12.3. The molecule has 6 heteroatoms. The van der Waals surface area contributed by atoms with E-state index in [1.165, 1.54) is 27.2 Å². The van der Waals surface area contributed by atoms with Gasteiger partial charge in [0.05, 0.1) is 14.2 Å². The molecule has 0 aliphatic heterocycles. The van der Waals surface area contributed by atoms with Crippen molar-refractivity contribution in [2.75, 3.05) is 19.5 Å². The molecule has 1 amide bonds. The first-order valence-corrected chi connectivity index (χ1v) is 7.34. The fraction of sp³-hybridized carbons (Fsp3) is 0.222. The van der Waals surface area contributed by atoms with Gasteiger partial charge in [-0.2, -0.15) is 0 Å². The third-order valence-electron chi connectivity index (χ3n) is 3.32. The number of esters is 1. The Balaban J connectivity index is 2.07. The predicted octanol–water partition coefficient (Wildman–Crippen LogP) is 2.89. The van der Waals surface area contributed by atoms with Gasteiger partial charge < -0.3 is 19.5 Å². The quantitative estimate of drug-likeness (QED) is 0.825. The number of carbonyl (C=O) groups is 2. The Hall–Kier alpha value is -3.02. The van der Waals surface area contributed by atoms with Gasteiger partial charge in [-0.3, -0.25) is 4.79 Å². The van der Waals surface area contributed by atoms with Crippen LogP contribution in [0.4, 0.5) is 5.69 Å². The van der Waals surface area contributed by atoms with E-state index >= 15 is 0 Å². The van der Waals surface area contributed by atoms with Crippen LogP contribution in [0.25, 0.3) is 0 Å². The van der Waals surface area contributed by atoms with Crippen LogP contribution in [0.5, 0.6) is 11.5 Å². The van der Waals surface area contributed by atoms with Gasteiger partial charge in [-0.05, 0) is 37.3 Å². The van der Waals surface area contributed by atoms with E-state index in [0.717, 1.165) is 0 Å². The lowest BCUT2D eigenvalue weighted by Gasteiger charge is -2.15. The van der Waals surface area contributed by atoms with Gasteiger partial charge >= 0.3 is 5.97 Å². The number of nitrogens with one attached hydrogen (secondary N) is 1. The zero-order valence-electron chi connectivity index (χ0n) is 13.7. The number of methoxy groups -OCH3 is 2. The van der Waals surface area contributed by atoms with E-state index in [0.29, 0.717) is 17.2 Å². The van der Waals surface area contributed by atoms with Crippen molar-refractivity contribution in [1.82, 2.24) is 0 Å². The number of amides is 1. The van der Waals surface area contributed by atoms with Gasteiger partial charge in [-0.1, -0.05) is 18.2 Å². The van der Waals surface area contributed by atoms with Crippen molar-refractivity contribution in [2.24, 2.45) is 0 Å². The first-order valence-electron chi connectivity index (χ1n) is 7.34. The van der Waals surface area contributed by atoms with Crippen molar-refractivity contribution < 1.29 is 23.8 Å². The first-order chi connectivity index (χ1) is 11.5. The van der Waals surface area contributed by atoms with E-state index in [9.17, 15) is 9.59 Å². The molecule has 126 valence electrons. The van der Waals surface area contributed by atoms with Crippen LogP contribution in [-0.4, -0.2) is 32.2 Å². The van der Waals surface area contributed by atoms with Crippen LogP contribution >= 0.6 is 0 Å². The molecule has 0 unspecified atom stereocenters. The van der Waals surface area contributed by atoms with Crippen molar-refractivity contribution >= 4 is 17.6 Å². The van der Waals surface area contributed by atoms with Crippen LogP contribution in [0, 0.1) is 0 Å². The van der Waals surface area contributed by atoms with E-state index in [2.05, 4.69) is 5.32 Å². The van der Waals surface area contributed by atoms with E-state index in [-0.39, 0.29) is 5.56 Å². The molecule has 0 bridgehead atoms. The first kappa shape index (κ1) is 17.3. The Morgan fingerprint density at radius 1 is 1.00 bits per heavy atom. The summed E-state index contributed by atoms with van der Waals surface area (Å²) in [5.74, 6) is -0.251. The van der Waals surface area contributed by atoms with Gasteiger partial charge in [-0.25, -0.2) is 4.79 Å². The SMILES string of the molecule is COc1ccc(OC)c(C(=O)O[C@H](C)C(=O)Nc2ccccc2)c1. The van der Waals surface area contributed by atoms with Gasteiger partial charge in [0.25, 0.3) is 5.91 Å². The minimum atomic E-state index is -0.964. The monoisotopic (exact) mass is 329 g/mol. The van der Waals surface area contributed by atoms with Gasteiger partial charge in [-0.15, -0.1) is 0 Å². The number of para-hydroxylation sites is 1. The molecule has 0 spiro atoms. The number of anilines is 1. The van der Waals surface area contributed by atoms with Crippen molar-refractivity contribution in [2.45, 2.75) is 13.0 Å². The maximum absolute atomic E-state index is 12.3. The molecule has 2 rings (SSSR count). The molecule has 0 fully saturated rings. The van der Waals surface area contributed by atoms with Crippen molar-refractivity contribution in [1.29, 1.82) is 0 Å². The van der Waals surface area contributed by atoms with E-state index < -0.39 is 18.0 Å². The highest BCUT2D eigenvalue weighted by Crippen LogP contribution is 2.25. The predicted molar refractivity (Wildman–Crippen MR) is 89.5 cm³/mol. The minimum absolute atomic E-state index is 0.191. The summed E-state index contributed by atoms with van der Waals surface area (Å²) in [6, 6.07) is 13.7. The van der Waals surface area contributed by atoms with Crippen LogP contribution in [0.3, 0.4) is 0 Å². The molecule has 0 aromatic heterocycles. The molecular formula is C18H19NO5. The Bertz CT molecular complexity index is 715. The topological polar surface area (TPSA) is 73.9 Å². The summed E-state index contributed by atoms with van der Waals surface area (Å²) < 4.78 is 15.5. The molecule has 1 atom stereocenters. The highest BCUT2D eigenvalue weighted by molar-refractivity contribution is 5.98. The van der Waals surface area contributed by atoms with Crippen molar-refractivity contribution in [3.05, 3.63) is 54.1 Å². The smallest absolute Gasteiger partial charge is 0.342 e. The standard InChI is InChI=1S/C18H19NO5/c1-12(17(20)19-13-7-5-4-6-8-13)24-18(21)15-11-14(22-2)9-10-16(15)23-3/h4-12H,1-3H3,(H,19,20)/t12-/m1/s1. The van der Waals surface area contributed by atoms with Gasteiger partial charge in [0, 0.05) is 5.69 Å². The fourth-order valence-electron chi connectivity index (χ4n) is 2.02. The highest BCUT2D eigenvalue weighted by atomic mass is 16.5. The molecule has 2 aromatic rings. The Kier molecular flexibility index (Phi) is 5.78. The van der Waals surface area contributed by atoms with Crippen molar-refractivity contribution in [3.8, 4) is 11.5 Å². The normalized spacial score (nSPS) is 11.3. The average molecular weight is 329 g/mol. The molecule has 0 saturated carbocycles. The Morgan fingerprint density at radius 3 is 2.33 bits per heavy atom. The molecular weight excluding hydrogens is 310 g/mol. The zero-order valence-corrected chi connectivity index (χ0v) is 13.7. The molecule has 0 aliphatic carbocycles. The number of ether oxygens (including phenoxy) is 3. The van der Waals surface area contributed by atoms with Crippen LogP contribution < -0.4 is 14.8 Å². The lowest BCUT2D eigenvalue weighted by molar-refractivity contribution is -0.123. The van der Waals surface area contributed by atoms with E-state index in [1.807, 2.05) is 6.07 Å². The van der Waals surface area contributed by atoms with E-state index in [1.54, 1.807) is 36.4 Å². The summed E-state index contributed by atoms with van der Waals surface area (Å²) in [6.07, 6.45) is -0.964. The average Bonchev–Trinajstić information content (AvgIpc) is 2.61. The van der Waals surface area contributed by atoms with E-state index in [4.69, 9.17) is 14.2 Å². The molecule has 6 nitrogen and oxygen atoms in total. The summed E-state index contributed by atoms with van der Waals surface area (Å²) in [5.41, 5.74) is 0.820. The third kappa shape index (κ3) is 4.25. The number of carbonyl (C=O) groups excluding carboxylic acids is 2. The molecule has 1 N–H and O–H groups in total. The molecule has 0 saturated heterocycles. The number of hydrogen-bond acceptors (Lipinski definition) is 5. The zero-order chi connectivity index (χ0) is 17.5. The fourth-order valence-corrected chi connectivity index (χ4v) is 2.02. The van der Waals surface area contributed by atoms with Crippen LogP contribution in [0.2, 0.25) is 0 Å². The molecule has 24 heavy (non-hydrogen) atoms. The largest absolute Gasteiger partial charge is 0.497 e.